The molecular weight excluding hydrogens is 492 g/mol. The molecule has 0 radical (unpaired) electrons. The van der Waals surface area contributed by atoms with Gasteiger partial charge >= 0.3 is 0 Å². The number of carbonyl (C=O) groups excluding carboxylic acids is 1. The molecule has 2 aromatic rings. The molecule has 0 atom stereocenters. The highest BCUT2D eigenvalue weighted by atomic mass is 16.5. The predicted molar refractivity (Wildman–Crippen MR) is 158 cm³/mol. The van der Waals surface area contributed by atoms with Gasteiger partial charge in [-0.25, -0.2) is 0 Å². The number of carbonyl (C=O) groups is 1. The van der Waals surface area contributed by atoms with Crippen LogP contribution in [0.25, 0.3) is 0 Å². The summed E-state index contributed by atoms with van der Waals surface area (Å²) in [7, 11) is 1.90. The third-order valence-electron chi connectivity index (χ3n) is 6.53. The summed E-state index contributed by atoms with van der Waals surface area (Å²) in [4.78, 5) is 12.5. The molecule has 2 rings (SSSR count). The zero-order chi connectivity index (χ0) is 28.7. The number of nitrogens with one attached hydrogen (secondary N) is 2. The van der Waals surface area contributed by atoms with E-state index in [0.717, 1.165) is 37.8 Å². The second-order valence-electron chi connectivity index (χ2n) is 11.1. The number of phenols is 1. The first-order valence-corrected chi connectivity index (χ1v) is 14.1. The summed E-state index contributed by atoms with van der Waals surface area (Å²) >= 11 is 0. The van der Waals surface area contributed by atoms with E-state index in [1.54, 1.807) is 30.3 Å². The highest BCUT2D eigenvalue weighted by Crippen LogP contribution is 2.29. The molecule has 0 fully saturated rings. The number of aromatic hydroxyl groups is 1. The van der Waals surface area contributed by atoms with E-state index in [1.165, 1.54) is 12.8 Å². The first-order valence-electron chi connectivity index (χ1n) is 14.1. The number of ether oxygens (including phenoxy) is 2. The molecule has 0 aliphatic heterocycles. The average molecular weight is 541 g/mol. The van der Waals surface area contributed by atoms with E-state index >= 15 is 0 Å². The Morgan fingerprint density at radius 3 is 2.28 bits per heavy atom. The summed E-state index contributed by atoms with van der Waals surface area (Å²) in [5.74, 6) is -0.0645. The van der Waals surface area contributed by atoms with Gasteiger partial charge in [-0.1, -0.05) is 25.8 Å². The Morgan fingerprint density at radius 1 is 0.897 bits per heavy atom. The van der Waals surface area contributed by atoms with E-state index in [4.69, 9.17) is 9.47 Å². The number of benzene rings is 2. The molecule has 3 N–H and O–H groups in total. The van der Waals surface area contributed by atoms with Crippen molar-refractivity contribution in [2.75, 3.05) is 33.4 Å². The third-order valence-corrected chi connectivity index (χ3v) is 6.53. The van der Waals surface area contributed by atoms with Gasteiger partial charge in [-0.3, -0.25) is 4.79 Å². The number of phenolic OH excluding ortho intramolecular Hbond substituents is 1. The van der Waals surface area contributed by atoms with E-state index in [2.05, 4.69) is 55.5 Å². The van der Waals surface area contributed by atoms with Crippen LogP contribution in [0, 0.1) is 0 Å². The van der Waals surface area contributed by atoms with E-state index in [0.29, 0.717) is 36.7 Å². The van der Waals surface area contributed by atoms with E-state index in [1.807, 2.05) is 19.2 Å². The molecule has 0 aliphatic carbocycles. The van der Waals surface area contributed by atoms with Gasteiger partial charge < -0.3 is 25.2 Å². The van der Waals surface area contributed by atoms with Gasteiger partial charge in [-0.05, 0) is 109 Å². The Balaban J connectivity index is 1.73. The number of rotatable bonds is 18. The van der Waals surface area contributed by atoms with Crippen molar-refractivity contribution in [3.8, 4) is 5.75 Å². The molecule has 0 spiro atoms. The Morgan fingerprint density at radius 2 is 1.59 bits per heavy atom. The number of likely N-dealkylation sites (N-methyl/N-ethyl adjacent to an activating group) is 1. The first-order chi connectivity index (χ1) is 18.5. The lowest BCUT2D eigenvalue weighted by Gasteiger charge is -2.30. The molecule has 0 aliphatic rings. The van der Waals surface area contributed by atoms with Crippen molar-refractivity contribution in [1.29, 1.82) is 0 Å². The molecule has 8 nitrogen and oxygen atoms in total. The molecular formula is C31H48N4O4. The lowest BCUT2D eigenvalue weighted by atomic mass is 10.0. The Hall–Kier alpha value is -2.81. The van der Waals surface area contributed by atoms with Crippen molar-refractivity contribution >= 4 is 17.3 Å². The summed E-state index contributed by atoms with van der Waals surface area (Å²) in [6.45, 7) is 13.2. The summed E-state index contributed by atoms with van der Waals surface area (Å²) in [6, 6.07) is 12.2. The van der Waals surface area contributed by atoms with Gasteiger partial charge in [0.05, 0.1) is 23.5 Å². The van der Waals surface area contributed by atoms with Crippen molar-refractivity contribution in [2.24, 2.45) is 10.2 Å². The van der Waals surface area contributed by atoms with Gasteiger partial charge in [0.1, 0.15) is 11.4 Å². The smallest absolute Gasteiger partial charge is 0.251 e. The van der Waals surface area contributed by atoms with E-state index in [9.17, 15) is 9.90 Å². The highest BCUT2D eigenvalue weighted by molar-refractivity contribution is 5.94. The van der Waals surface area contributed by atoms with Crippen LogP contribution in [0.5, 0.6) is 5.75 Å². The van der Waals surface area contributed by atoms with Crippen LogP contribution in [0.2, 0.25) is 0 Å². The molecule has 216 valence electrons. The predicted octanol–water partition coefficient (Wildman–Crippen LogP) is 6.86. The lowest BCUT2D eigenvalue weighted by Crippen LogP contribution is -2.32. The second kappa shape index (κ2) is 16.3. The molecule has 39 heavy (non-hydrogen) atoms. The average Bonchev–Trinajstić information content (AvgIpc) is 2.90. The molecule has 0 bridgehead atoms. The zero-order valence-corrected chi connectivity index (χ0v) is 24.7. The summed E-state index contributed by atoms with van der Waals surface area (Å²) < 4.78 is 12.1. The number of nitrogens with zero attached hydrogens (tertiary/aromatic N) is 2. The minimum absolute atomic E-state index is 0.0787. The van der Waals surface area contributed by atoms with E-state index < -0.39 is 0 Å². The van der Waals surface area contributed by atoms with Crippen molar-refractivity contribution < 1.29 is 19.4 Å². The second-order valence-corrected chi connectivity index (χ2v) is 11.1. The van der Waals surface area contributed by atoms with E-state index in [-0.39, 0.29) is 22.9 Å². The molecule has 0 saturated carbocycles. The minimum atomic E-state index is -0.278. The number of amides is 1. The maximum absolute atomic E-state index is 12.5. The molecule has 0 saturated heterocycles. The fourth-order valence-corrected chi connectivity index (χ4v) is 3.91. The van der Waals surface area contributed by atoms with Gasteiger partial charge in [-0.2, -0.15) is 5.11 Å². The molecule has 8 heteroatoms. The standard InChI is InChI=1S/C31H48N4O4/c1-7-8-17-30(2,3)39-22-18-31(4,5)38-21-9-19-33-29(37)25-11-13-26(14-12-25)34-35-27-23-24(16-20-32-6)10-15-28(27)36/h10-15,23,32,36H,7-9,16-22H2,1-6H3,(H,33,37). The number of azo groups is 1. The Bertz CT molecular complexity index is 1040. The number of hydrogen-bond donors (Lipinski definition) is 3. The molecule has 1 amide bonds. The maximum Gasteiger partial charge on any atom is 0.251 e. The van der Waals surface area contributed by atoms with Crippen LogP contribution in [0.4, 0.5) is 11.4 Å². The number of hydrogen-bond acceptors (Lipinski definition) is 7. The van der Waals surface area contributed by atoms with Gasteiger partial charge in [0.15, 0.2) is 0 Å². The van der Waals surface area contributed by atoms with Crippen LogP contribution in [0.15, 0.2) is 52.7 Å². The van der Waals surface area contributed by atoms with Gasteiger partial charge in [0.25, 0.3) is 5.91 Å². The normalized spacial score (nSPS) is 12.3. The molecule has 0 aromatic heterocycles. The van der Waals surface area contributed by atoms with Crippen molar-refractivity contribution in [1.82, 2.24) is 10.6 Å². The van der Waals surface area contributed by atoms with Crippen molar-refractivity contribution in [3.05, 3.63) is 53.6 Å². The van der Waals surface area contributed by atoms with Gasteiger partial charge in [0.2, 0.25) is 0 Å². The fourth-order valence-electron chi connectivity index (χ4n) is 3.91. The van der Waals surface area contributed by atoms with Crippen LogP contribution < -0.4 is 10.6 Å². The summed E-state index contributed by atoms with van der Waals surface area (Å²) in [5, 5.41) is 24.5. The summed E-state index contributed by atoms with van der Waals surface area (Å²) in [5.41, 5.74) is 2.25. The van der Waals surface area contributed by atoms with Crippen molar-refractivity contribution in [3.63, 3.8) is 0 Å². The largest absolute Gasteiger partial charge is 0.506 e. The Labute approximate surface area is 234 Å². The lowest BCUT2D eigenvalue weighted by molar-refractivity contribution is -0.0749. The topological polar surface area (TPSA) is 105 Å². The first kappa shape index (κ1) is 32.4. The fraction of sp³-hybridized carbons (Fsp3) is 0.581. The van der Waals surface area contributed by atoms with Crippen LogP contribution in [0.3, 0.4) is 0 Å². The minimum Gasteiger partial charge on any atom is -0.506 e. The molecule has 2 aromatic carbocycles. The SMILES string of the molecule is CCCCC(C)(C)OCCC(C)(C)OCCCNC(=O)c1ccc(N=Nc2cc(CCNC)ccc2O)cc1. The maximum atomic E-state index is 12.5. The Kier molecular flexibility index (Phi) is 13.6. The molecule has 0 heterocycles. The van der Waals surface area contributed by atoms with Crippen LogP contribution in [-0.2, 0) is 15.9 Å². The third kappa shape index (κ3) is 12.7. The number of unbranched alkanes of at least 4 members (excludes halogenated alkanes) is 1. The quantitative estimate of drug-likeness (QED) is 0.141. The van der Waals surface area contributed by atoms with Crippen LogP contribution in [0.1, 0.15) is 82.6 Å². The van der Waals surface area contributed by atoms with Gasteiger partial charge in [-0.15, -0.1) is 5.11 Å². The van der Waals surface area contributed by atoms with Crippen LogP contribution in [-0.4, -0.2) is 55.6 Å². The molecule has 0 unspecified atom stereocenters. The van der Waals surface area contributed by atoms with Crippen molar-refractivity contribution in [2.45, 2.75) is 84.3 Å². The zero-order valence-electron chi connectivity index (χ0n) is 24.7. The highest BCUT2D eigenvalue weighted by Gasteiger charge is 2.22. The van der Waals surface area contributed by atoms with Crippen LogP contribution >= 0.6 is 0 Å². The monoisotopic (exact) mass is 540 g/mol. The van der Waals surface area contributed by atoms with Gasteiger partial charge in [0, 0.05) is 18.7 Å². The summed E-state index contributed by atoms with van der Waals surface area (Å²) in [6.07, 6.45) is 5.79.